The van der Waals surface area contributed by atoms with Gasteiger partial charge in [-0.05, 0) is 58.7 Å². The Morgan fingerprint density at radius 3 is 2.54 bits per heavy atom. The fourth-order valence-corrected chi connectivity index (χ4v) is 8.33. The van der Waals surface area contributed by atoms with Crippen LogP contribution in [0.25, 0.3) is 0 Å². The molecule has 5 fully saturated rings. The maximum atomic E-state index is 15.6. The van der Waals surface area contributed by atoms with Crippen LogP contribution in [-0.4, -0.2) is 115 Å². The summed E-state index contributed by atoms with van der Waals surface area (Å²) in [5, 5.41) is 0. The quantitative estimate of drug-likeness (QED) is 0.554. The Morgan fingerprint density at radius 1 is 1.06 bits per heavy atom. The van der Waals surface area contributed by atoms with Crippen molar-refractivity contribution >= 4 is 11.7 Å². The summed E-state index contributed by atoms with van der Waals surface area (Å²) in [7, 11) is 5.89. The van der Waals surface area contributed by atoms with Crippen molar-refractivity contribution in [3.8, 4) is 0 Å². The average Bonchev–Trinajstić information content (AvgIpc) is 2.85. The third-order valence-corrected chi connectivity index (χ3v) is 10.1. The lowest BCUT2D eigenvalue weighted by Crippen LogP contribution is -2.74. The first-order chi connectivity index (χ1) is 16.8. The predicted octanol–water partition coefficient (Wildman–Crippen LogP) is 1.92. The van der Waals surface area contributed by atoms with Crippen molar-refractivity contribution in [1.29, 1.82) is 0 Å². The van der Waals surface area contributed by atoms with E-state index in [1.165, 1.54) is 32.1 Å². The fourth-order valence-electron chi connectivity index (χ4n) is 8.33. The van der Waals surface area contributed by atoms with Crippen LogP contribution in [0.1, 0.15) is 44.9 Å². The Kier molecular flexibility index (Phi) is 6.21. The summed E-state index contributed by atoms with van der Waals surface area (Å²) in [6.45, 7) is 2.88. The zero-order valence-electron chi connectivity index (χ0n) is 21.4. The van der Waals surface area contributed by atoms with Gasteiger partial charge in [0.15, 0.2) is 5.78 Å². The molecule has 0 aromatic carbocycles. The van der Waals surface area contributed by atoms with E-state index >= 15 is 4.39 Å². The van der Waals surface area contributed by atoms with Crippen LogP contribution in [0.4, 0.5) is 4.39 Å². The van der Waals surface area contributed by atoms with Crippen molar-refractivity contribution in [2.24, 2.45) is 17.8 Å². The van der Waals surface area contributed by atoms with Gasteiger partial charge >= 0.3 is 0 Å². The van der Waals surface area contributed by atoms with Gasteiger partial charge in [-0.3, -0.25) is 9.59 Å². The van der Waals surface area contributed by atoms with E-state index in [0.29, 0.717) is 24.9 Å². The van der Waals surface area contributed by atoms with Crippen LogP contribution in [0.2, 0.25) is 0 Å². The van der Waals surface area contributed by atoms with Gasteiger partial charge in [-0.1, -0.05) is 19.3 Å². The number of ether oxygens (including phenoxy) is 1. The number of alkyl halides is 1. The van der Waals surface area contributed by atoms with Crippen molar-refractivity contribution in [3.05, 3.63) is 11.8 Å². The monoisotopic (exact) mass is 488 g/mol. The summed E-state index contributed by atoms with van der Waals surface area (Å²) in [4.78, 5) is 35.8. The molecule has 0 bridgehead atoms. The van der Waals surface area contributed by atoms with Gasteiger partial charge in [-0.2, -0.15) is 0 Å². The van der Waals surface area contributed by atoms with Gasteiger partial charge < -0.3 is 24.3 Å². The molecule has 35 heavy (non-hydrogen) atoms. The third-order valence-electron chi connectivity index (χ3n) is 10.1. The minimum absolute atomic E-state index is 0.0356. The molecule has 2 saturated heterocycles. The maximum absolute atomic E-state index is 15.6. The molecule has 0 spiro atoms. The number of hydrogen-bond donors (Lipinski definition) is 0. The van der Waals surface area contributed by atoms with Gasteiger partial charge in [-0.25, -0.2) is 4.39 Å². The molecule has 0 radical (unpaired) electrons. The van der Waals surface area contributed by atoms with Crippen molar-refractivity contribution < 1.29 is 18.7 Å². The number of morpholine rings is 1. The summed E-state index contributed by atoms with van der Waals surface area (Å²) in [6, 6.07) is -0.382. The van der Waals surface area contributed by atoms with E-state index in [-0.39, 0.29) is 54.0 Å². The number of hydrogen-bond acceptors (Lipinski definition) is 6. The third kappa shape index (κ3) is 3.86. The number of fused-ring (bicyclic) bond motifs is 4. The SMILES string of the molecule is CN1CCN(C(=O)C2=CN3C4C(CCC5CCCCC54)OC4C(N(C)C)C(F)CC(C2=O)C43)CC1. The minimum Gasteiger partial charge on any atom is -0.369 e. The van der Waals surface area contributed by atoms with Crippen LogP contribution in [0, 0.1) is 17.8 Å². The van der Waals surface area contributed by atoms with Gasteiger partial charge in [0.1, 0.15) is 6.17 Å². The van der Waals surface area contributed by atoms with Crippen LogP contribution in [0.3, 0.4) is 0 Å². The fraction of sp³-hybridized carbons (Fsp3) is 0.852. The van der Waals surface area contributed by atoms with Crippen LogP contribution in [-0.2, 0) is 14.3 Å². The molecule has 9 unspecified atom stereocenters. The second-order valence-electron chi connectivity index (χ2n) is 12.2. The van der Waals surface area contributed by atoms with E-state index in [1.807, 2.05) is 30.1 Å². The summed E-state index contributed by atoms with van der Waals surface area (Å²) >= 11 is 0. The number of likely N-dealkylation sites (N-methyl/N-ethyl adjacent to an activating group) is 2. The highest BCUT2D eigenvalue weighted by atomic mass is 19.1. The zero-order valence-corrected chi connectivity index (χ0v) is 21.4. The standard InChI is InChI=1S/C27H41FN4O3/c1-29(2)24-20(28)14-18-23-26(24)35-21-9-8-16-6-4-5-7-17(16)22(21)32(23)15-19(25(18)33)27(34)31-12-10-30(3)11-13-31/h15-18,20-24,26H,4-14H2,1-3H3. The van der Waals surface area contributed by atoms with Crippen molar-refractivity contribution in [1.82, 2.24) is 19.6 Å². The van der Waals surface area contributed by atoms with Gasteiger partial charge in [0.2, 0.25) is 0 Å². The molecular weight excluding hydrogens is 447 g/mol. The van der Waals surface area contributed by atoms with Crippen molar-refractivity contribution in [2.75, 3.05) is 47.3 Å². The molecule has 7 nitrogen and oxygen atoms in total. The summed E-state index contributed by atoms with van der Waals surface area (Å²) < 4.78 is 22.4. The highest BCUT2D eigenvalue weighted by molar-refractivity contribution is 6.20. The largest absolute Gasteiger partial charge is 0.369 e. The lowest BCUT2D eigenvalue weighted by molar-refractivity contribution is -0.224. The van der Waals surface area contributed by atoms with E-state index in [0.717, 1.165) is 19.5 Å². The maximum Gasteiger partial charge on any atom is 0.259 e. The van der Waals surface area contributed by atoms with E-state index < -0.39 is 12.1 Å². The number of piperazine rings is 1. The number of nitrogens with zero attached hydrogens (tertiary/aromatic N) is 4. The highest BCUT2D eigenvalue weighted by Gasteiger charge is 2.61. The molecule has 9 atom stereocenters. The first kappa shape index (κ1) is 23.9. The van der Waals surface area contributed by atoms with E-state index in [2.05, 4.69) is 16.8 Å². The van der Waals surface area contributed by atoms with Crippen LogP contribution in [0.15, 0.2) is 11.8 Å². The van der Waals surface area contributed by atoms with Gasteiger partial charge in [0.25, 0.3) is 5.91 Å². The number of carbonyl (C=O) groups is 2. The van der Waals surface area contributed by atoms with Crippen LogP contribution < -0.4 is 0 Å². The predicted molar refractivity (Wildman–Crippen MR) is 130 cm³/mol. The van der Waals surface area contributed by atoms with Gasteiger partial charge in [0.05, 0.1) is 35.9 Å². The molecule has 0 N–H and O–H groups in total. The van der Waals surface area contributed by atoms with Crippen LogP contribution in [0.5, 0.6) is 0 Å². The second kappa shape index (κ2) is 9.10. The molecule has 194 valence electrons. The second-order valence-corrected chi connectivity index (χ2v) is 12.2. The number of halogens is 1. The number of ketones is 1. The molecule has 3 heterocycles. The Morgan fingerprint density at radius 2 is 1.80 bits per heavy atom. The van der Waals surface area contributed by atoms with Gasteiger partial charge in [-0.15, -0.1) is 0 Å². The Balaban J connectivity index is 1.40. The molecule has 6 aliphatic rings. The Hall–Kier alpha value is -1.51. The summed E-state index contributed by atoms with van der Waals surface area (Å²) in [6.07, 6.45) is 7.74. The molecule has 0 aromatic rings. The Bertz CT molecular complexity index is 888. The lowest BCUT2D eigenvalue weighted by Gasteiger charge is -2.62. The molecule has 3 saturated carbocycles. The van der Waals surface area contributed by atoms with E-state index in [1.54, 1.807) is 0 Å². The first-order valence-corrected chi connectivity index (χ1v) is 13.8. The number of amides is 1. The zero-order chi connectivity index (χ0) is 24.4. The summed E-state index contributed by atoms with van der Waals surface area (Å²) in [5.41, 5.74) is 0.281. The van der Waals surface area contributed by atoms with Crippen molar-refractivity contribution in [3.63, 3.8) is 0 Å². The Labute approximate surface area is 208 Å². The van der Waals surface area contributed by atoms with E-state index in [9.17, 15) is 9.59 Å². The molecular formula is C27H41FN4O3. The molecule has 1 amide bonds. The number of carbonyl (C=O) groups excluding carboxylic acids is 2. The molecule has 3 aliphatic carbocycles. The highest BCUT2D eigenvalue weighted by Crippen LogP contribution is 2.51. The number of Topliss-reactive ketones (excluding diaryl/α,β-unsaturated/α-hetero) is 1. The molecule has 8 heteroatoms. The summed E-state index contributed by atoms with van der Waals surface area (Å²) in [5.74, 6) is 0.357. The normalized spacial score (nSPS) is 43.9. The van der Waals surface area contributed by atoms with Crippen LogP contribution >= 0.6 is 0 Å². The number of rotatable bonds is 2. The molecule has 0 aromatic heterocycles. The topological polar surface area (TPSA) is 56.3 Å². The molecule has 6 rings (SSSR count). The van der Waals surface area contributed by atoms with E-state index in [4.69, 9.17) is 4.74 Å². The average molecular weight is 489 g/mol. The van der Waals surface area contributed by atoms with Gasteiger partial charge in [0, 0.05) is 38.3 Å². The first-order valence-electron chi connectivity index (χ1n) is 13.8. The minimum atomic E-state index is -1.15. The smallest absolute Gasteiger partial charge is 0.259 e. The molecule has 3 aliphatic heterocycles. The van der Waals surface area contributed by atoms with Crippen molar-refractivity contribution in [2.45, 2.75) is 81.5 Å². The lowest BCUT2D eigenvalue weighted by atomic mass is 9.63.